The Morgan fingerprint density at radius 3 is 2.43 bits per heavy atom. The van der Waals surface area contributed by atoms with Crippen LogP contribution in [-0.4, -0.2) is 53.6 Å². The molecule has 3 rings (SSSR count). The lowest BCUT2D eigenvalue weighted by Crippen LogP contribution is -2.40. The molecule has 2 aliphatic rings. The highest BCUT2D eigenvalue weighted by molar-refractivity contribution is 7.91. The van der Waals surface area contributed by atoms with Gasteiger partial charge >= 0.3 is 0 Å². The second kappa shape index (κ2) is 5.33. The first-order valence-corrected chi connectivity index (χ1v) is 9.99. The average Bonchev–Trinajstić information content (AvgIpc) is 3.08. The highest BCUT2D eigenvalue weighted by Gasteiger charge is 2.36. The van der Waals surface area contributed by atoms with Crippen LogP contribution in [0.5, 0.6) is 0 Å². The van der Waals surface area contributed by atoms with Gasteiger partial charge in [0.25, 0.3) is 5.91 Å². The van der Waals surface area contributed by atoms with Crippen LogP contribution >= 0.6 is 0 Å². The first-order chi connectivity index (χ1) is 10.6. The zero-order valence-electron chi connectivity index (χ0n) is 14.2. The third kappa shape index (κ3) is 3.29. The molecule has 1 aliphatic carbocycles. The minimum atomic E-state index is -3.01. The molecule has 7 heteroatoms. The van der Waals surface area contributed by atoms with E-state index in [9.17, 15) is 13.2 Å². The van der Waals surface area contributed by atoms with E-state index in [2.05, 4.69) is 5.10 Å². The van der Waals surface area contributed by atoms with Gasteiger partial charge in [-0.15, -0.1) is 0 Å². The maximum atomic E-state index is 12.9. The molecule has 0 spiro atoms. The van der Waals surface area contributed by atoms with Crippen LogP contribution in [0.25, 0.3) is 0 Å². The quantitative estimate of drug-likeness (QED) is 0.841. The molecule has 0 unspecified atom stereocenters. The number of rotatable bonds is 3. The molecule has 0 aromatic carbocycles. The maximum absolute atomic E-state index is 12.9. The molecule has 1 saturated carbocycles. The van der Waals surface area contributed by atoms with E-state index in [1.54, 1.807) is 16.6 Å². The van der Waals surface area contributed by atoms with Crippen molar-refractivity contribution in [1.29, 1.82) is 0 Å². The van der Waals surface area contributed by atoms with Crippen LogP contribution < -0.4 is 0 Å². The largest absolute Gasteiger partial charge is 0.336 e. The fourth-order valence-corrected chi connectivity index (χ4v) is 4.84. The Hall–Kier alpha value is -1.37. The highest BCUT2D eigenvalue weighted by Crippen LogP contribution is 2.40. The van der Waals surface area contributed by atoms with Gasteiger partial charge in [-0.2, -0.15) is 5.10 Å². The number of nitrogens with zero attached hydrogens (tertiary/aromatic N) is 3. The predicted octanol–water partition coefficient (Wildman–Crippen LogP) is 1.77. The molecule has 1 saturated heterocycles. The van der Waals surface area contributed by atoms with Crippen molar-refractivity contribution in [3.8, 4) is 0 Å². The minimum absolute atomic E-state index is 0.0639. The molecule has 128 valence electrons. The van der Waals surface area contributed by atoms with Crippen molar-refractivity contribution in [2.45, 2.75) is 57.5 Å². The number of carbonyl (C=O) groups is 1. The van der Waals surface area contributed by atoms with E-state index in [0.29, 0.717) is 18.0 Å². The van der Waals surface area contributed by atoms with Crippen molar-refractivity contribution in [2.75, 3.05) is 18.6 Å². The van der Waals surface area contributed by atoms with Crippen molar-refractivity contribution in [2.24, 2.45) is 0 Å². The number of aromatic nitrogens is 2. The minimum Gasteiger partial charge on any atom is -0.336 e. The first-order valence-electron chi connectivity index (χ1n) is 8.16. The lowest BCUT2D eigenvalue weighted by atomic mass is 10.1. The van der Waals surface area contributed by atoms with Crippen molar-refractivity contribution in [3.05, 3.63) is 17.5 Å². The fraction of sp³-hybridized carbons (Fsp3) is 0.750. The molecular weight excluding hydrogens is 314 g/mol. The van der Waals surface area contributed by atoms with Crippen molar-refractivity contribution in [1.82, 2.24) is 14.7 Å². The van der Waals surface area contributed by atoms with Gasteiger partial charge in [0.1, 0.15) is 5.69 Å². The van der Waals surface area contributed by atoms with Gasteiger partial charge in [-0.1, -0.05) is 0 Å². The summed E-state index contributed by atoms with van der Waals surface area (Å²) in [5, 5.41) is 4.65. The second-order valence-electron chi connectivity index (χ2n) is 7.78. The van der Waals surface area contributed by atoms with Gasteiger partial charge in [-0.3, -0.25) is 9.48 Å². The van der Waals surface area contributed by atoms with Crippen LogP contribution in [0, 0.1) is 0 Å². The molecule has 1 aliphatic heterocycles. The summed E-state index contributed by atoms with van der Waals surface area (Å²) in [6, 6.07) is 1.66. The lowest BCUT2D eigenvalue weighted by molar-refractivity contribution is 0.0727. The van der Waals surface area contributed by atoms with Gasteiger partial charge in [0.05, 0.1) is 22.7 Å². The third-order valence-corrected chi connectivity index (χ3v) is 6.41. The SMILES string of the molecule is CN(C(=O)c1cc(C2CC2)nn1C(C)(C)C)[C@H]1CCS(=O)(=O)C1. The molecule has 0 radical (unpaired) electrons. The summed E-state index contributed by atoms with van der Waals surface area (Å²) in [6.07, 6.45) is 2.78. The van der Waals surface area contributed by atoms with Crippen molar-refractivity contribution in [3.63, 3.8) is 0 Å². The van der Waals surface area contributed by atoms with Gasteiger partial charge in [0.2, 0.25) is 0 Å². The molecule has 1 amide bonds. The standard InChI is InChI=1S/C16H25N3O3S/c1-16(2,3)19-14(9-13(17-19)11-5-6-11)15(20)18(4)12-7-8-23(21,22)10-12/h9,11-12H,5-8,10H2,1-4H3/t12-/m0/s1. The van der Waals surface area contributed by atoms with Crippen LogP contribution in [0.1, 0.15) is 62.1 Å². The summed E-state index contributed by atoms with van der Waals surface area (Å²) in [6.45, 7) is 6.06. The molecule has 1 aromatic heterocycles. The summed E-state index contributed by atoms with van der Waals surface area (Å²) < 4.78 is 25.1. The number of hydrogen-bond donors (Lipinski definition) is 0. The topological polar surface area (TPSA) is 72.3 Å². The number of amides is 1. The van der Waals surface area contributed by atoms with E-state index in [-0.39, 0.29) is 29.0 Å². The van der Waals surface area contributed by atoms with E-state index < -0.39 is 9.84 Å². The van der Waals surface area contributed by atoms with E-state index in [1.165, 1.54) is 0 Å². The molecular formula is C16H25N3O3S. The van der Waals surface area contributed by atoms with Crippen LogP contribution in [0.3, 0.4) is 0 Å². The van der Waals surface area contributed by atoms with E-state index >= 15 is 0 Å². The zero-order chi connectivity index (χ0) is 17.0. The molecule has 23 heavy (non-hydrogen) atoms. The van der Waals surface area contributed by atoms with Crippen LogP contribution in [-0.2, 0) is 15.4 Å². The predicted molar refractivity (Wildman–Crippen MR) is 88.4 cm³/mol. The maximum Gasteiger partial charge on any atom is 0.272 e. The molecule has 2 fully saturated rings. The van der Waals surface area contributed by atoms with Gasteiger partial charge < -0.3 is 4.90 Å². The Kier molecular flexibility index (Phi) is 3.82. The van der Waals surface area contributed by atoms with E-state index in [1.807, 2.05) is 26.8 Å². The van der Waals surface area contributed by atoms with Gasteiger partial charge in [0.15, 0.2) is 9.84 Å². The van der Waals surface area contributed by atoms with E-state index in [4.69, 9.17) is 0 Å². The Bertz CT molecular complexity index is 726. The van der Waals surface area contributed by atoms with E-state index in [0.717, 1.165) is 18.5 Å². The number of hydrogen-bond acceptors (Lipinski definition) is 4. The smallest absolute Gasteiger partial charge is 0.272 e. The van der Waals surface area contributed by atoms with Gasteiger partial charge in [-0.05, 0) is 46.1 Å². The Labute approximate surface area is 137 Å². The van der Waals surface area contributed by atoms with Crippen LogP contribution in [0.4, 0.5) is 0 Å². The average molecular weight is 339 g/mol. The first kappa shape index (κ1) is 16.5. The molecule has 2 heterocycles. The summed E-state index contributed by atoms with van der Waals surface area (Å²) in [4.78, 5) is 14.5. The zero-order valence-corrected chi connectivity index (χ0v) is 15.1. The normalized spacial score (nSPS) is 23.9. The molecule has 1 atom stereocenters. The highest BCUT2D eigenvalue weighted by atomic mass is 32.2. The number of carbonyl (C=O) groups excluding carboxylic acids is 1. The van der Waals surface area contributed by atoms with Crippen LogP contribution in [0.15, 0.2) is 6.07 Å². The molecule has 6 nitrogen and oxygen atoms in total. The van der Waals surface area contributed by atoms with Crippen molar-refractivity contribution < 1.29 is 13.2 Å². The summed E-state index contributed by atoms with van der Waals surface area (Å²) >= 11 is 0. The molecule has 0 N–H and O–H groups in total. The van der Waals surface area contributed by atoms with Crippen LogP contribution in [0.2, 0.25) is 0 Å². The number of sulfone groups is 1. The van der Waals surface area contributed by atoms with Gasteiger partial charge in [-0.25, -0.2) is 8.42 Å². The fourth-order valence-electron chi connectivity index (χ4n) is 3.07. The molecule has 0 bridgehead atoms. The second-order valence-corrected chi connectivity index (χ2v) is 10.0. The summed E-state index contributed by atoms with van der Waals surface area (Å²) in [7, 11) is -1.31. The Morgan fingerprint density at radius 1 is 1.30 bits per heavy atom. The summed E-state index contributed by atoms with van der Waals surface area (Å²) in [5.74, 6) is 0.568. The Balaban J connectivity index is 1.89. The summed E-state index contributed by atoms with van der Waals surface area (Å²) in [5.41, 5.74) is 1.25. The Morgan fingerprint density at radius 2 is 1.96 bits per heavy atom. The monoisotopic (exact) mass is 339 g/mol. The molecule has 1 aromatic rings. The van der Waals surface area contributed by atoms with Crippen molar-refractivity contribution >= 4 is 15.7 Å². The lowest BCUT2D eigenvalue weighted by Gasteiger charge is -2.27. The van der Waals surface area contributed by atoms with Gasteiger partial charge in [0, 0.05) is 19.0 Å². The third-order valence-electron chi connectivity index (χ3n) is 4.65.